The molecule has 0 N–H and O–H groups in total. The van der Waals surface area contributed by atoms with Crippen LogP contribution in [0.5, 0.6) is 0 Å². The van der Waals surface area contributed by atoms with Crippen LogP contribution in [0, 0.1) is 11.3 Å². The summed E-state index contributed by atoms with van der Waals surface area (Å²) in [7, 11) is 0. The van der Waals surface area contributed by atoms with E-state index in [0.29, 0.717) is 0 Å². The fourth-order valence-electron chi connectivity index (χ4n) is 2.67. The van der Waals surface area contributed by atoms with Crippen molar-refractivity contribution in [2.75, 3.05) is 0 Å². The van der Waals surface area contributed by atoms with Gasteiger partial charge in [0, 0.05) is 4.83 Å². The van der Waals surface area contributed by atoms with Crippen molar-refractivity contribution in [3.8, 4) is 6.07 Å². The molecular weight excluding hydrogens is 286 g/mol. The SMILES string of the molecule is N#C[C@H]1c2ccccc2C[C@H](Br)c2ccccc21. The first-order valence-corrected chi connectivity index (χ1v) is 6.93. The summed E-state index contributed by atoms with van der Waals surface area (Å²) >= 11 is 3.75. The Kier molecular flexibility index (Phi) is 2.93. The molecule has 2 atom stereocenters. The van der Waals surface area contributed by atoms with Crippen LogP contribution in [0.1, 0.15) is 33.0 Å². The maximum absolute atomic E-state index is 9.53. The minimum Gasteiger partial charge on any atom is -0.197 e. The highest BCUT2D eigenvalue weighted by molar-refractivity contribution is 9.09. The van der Waals surface area contributed by atoms with Gasteiger partial charge in [-0.25, -0.2) is 0 Å². The average molecular weight is 298 g/mol. The van der Waals surface area contributed by atoms with Gasteiger partial charge in [0.05, 0.1) is 12.0 Å². The molecule has 3 rings (SSSR count). The molecule has 1 aliphatic rings. The molecule has 0 aromatic heterocycles. The third-order valence-corrected chi connectivity index (χ3v) is 4.36. The molecule has 1 nitrogen and oxygen atoms in total. The molecule has 0 radical (unpaired) electrons. The van der Waals surface area contributed by atoms with Crippen LogP contribution in [0.15, 0.2) is 48.5 Å². The molecule has 0 amide bonds. The largest absolute Gasteiger partial charge is 0.197 e. The smallest absolute Gasteiger partial charge is 0.0968 e. The van der Waals surface area contributed by atoms with E-state index in [0.717, 1.165) is 17.5 Å². The van der Waals surface area contributed by atoms with Crippen molar-refractivity contribution in [3.05, 3.63) is 70.8 Å². The van der Waals surface area contributed by atoms with Crippen LogP contribution in [0.4, 0.5) is 0 Å². The molecule has 0 unspecified atom stereocenters. The number of rotatable bonds is 0. The summed E-state index contributed by atoms with van der Waals surface area (Å²) in [5.41, 5.74) is 4.78. The van der Waals surface area contributed by atoms with E-state index < -0.39 is 0 Å². The van der Waals surface area contributed by atoms with Crippen LogP contribution in [-0.4, -0.2) is 0 Å². The normalized spacial score (nSPS) is 21.3. The van der Waals surface area contributed by atoms with Crippen molar-refractivity contribution in [1.29, 1.82) is 5.26 Å². The molecule has 0 aliphatic heterocycles. The van der Waals surface area contributed by atoms with E-state index in [9.17, 15) is 5.26 Å². The molecule has 2 aromatic rings. The second-order valence-electron chi connectivity index (χ2n) is 4.56. The molecule has 0 saturated heterocycles. The molecule has 2 aromatic carbocycles. The third-order valence-electron chi connectivity index (χ3n) is 3.54. The van der Waals surface area contributed by atoms with Gasteiger partial charge in [0.2, 0.25) is 0 Å². The van der Waals surface area contributed by atoms with Crippen molar-refractivity contribution in [2.45, 2.75) is 17.2 Å². The van der Waals surface area contributed by atoms with E-state index in [2.05, 4.69) is 46.3 Å². The summed E-state index contributed by atoms with van der Waals surface area (Å²) in [5.74, 6) is -0.153. The summed E-state index contributed by atoms with van der Waals surface area (Å²) in [6.07, 6.45) is 0.936. The van der Waals surface area contributed by atoms with E-state index in [1.165, 1.54) is 11.1 Å². The Labute approximate surface area is 115 Å². The minimum atomic E-state index is -0.153. The highest BCUT2D eigenvalue weighted by atomic mass is 79.9. The number of hydrogen-bond donors (Lipinski definition) is 0. The van der Waals surface area contributed by atoms with E-state index >= 15 is 0 Å². The monoisotopic (exact) mass is 297 g/mol. The Morgan fingerprint density at radius 1 is 0.944 bits per heavy atom. The lowest BCUT2D eigenvalue weighted by atomic mass is 9.89. The van der Waals surface area contributed by atoms with Crippen LogP contribution >= 0.6 is 15.9 Å². The second-order valence-corrected chi connectivity index (χ2v) is 5.67. The maximum Gasteiger partial charge on any atom is 0.0968 e. The number of alkyl halides is 1. The average Bonchev–Trinajstić information content (AvgIpc) is 2.53. The number of halogens is 1. The summed E-state index contributed by atoms with van der Waals surface area (Å²) < 4.78 is 0. The quantitative estimate of drug-likeness (QED) is 0.664. The molecule has 0 spiro atoms. The first kappa shape index (κ1) is 11.5. The van der Waals surface area contributed by atoms with Crippen LogP contribution in [0.2, 0.25) is 0 Å². The molecule has 0 heterocycles. The van der Waals surface area contributed by atoms with Gasteiger partial charge >= 0.3 is 0 Å². The van der Waals surface area contributed by atoms with Crippen LogP contribution in [0.3, 0.4) is 0 Å². The Bertz CT molecular complexity index is 627. The minimum absolute atomic E-state index is 0.153. The van der Waals surface area contributed by atoms with E-state index in [1.54, 1.807) is 0 Å². The summed E-state index contributed by atoms with van der Waals surface area (Å²) in [6, 6.07) is 18.9. The van der Waals surface area contributed by atoms with Gasteiger partial charge in [-0.15, -0.1) is 0 Å². The zero-order valence-corrected chi connectivity index (χ0v) is 11.4. The van der Waals surface area contributed by atoms with Gasteiger partial charge in [0.15, 0.2) is 0 Å². The molecule has 88 valence electrons. The Morgan fingerprint density at radius 3 is 2.28 bits per heavy atom. The fourth-order valence-corrected chi connectivity index (χ4v) is 3.44. The number of hydrogen-bond acceptors (Lipinski definition) is 1. The van der Waals surface area contributed by atoms with Gasteiger partial charge < -0.3 is 0 Å². The fraction of sp³-hybridized carbons (Fsp3) is 0.188. The zero-order chi connectivity index (χ0) is 12.5. The standard InChI is InChI=1S/C16H12BrN/c17-16-9-11-5-1-2-6-12(11)15(10-18)13-7-3-4-8-14(13)16/h1-8,15-16H,9H2/t15-,16-/m0/s1. The van der Waals surface area contributed by atoms with E-state index in [4.69, 9.17) is 0 Å². The van der Waals surface area contributed by atoms with Gasteiger partial charge in [-0.2, -0.15) is 5.26 Å². The molecule has 18 heavy (non-hydrogen) atoms. The van der Waals surface area contributed by atoms with Gasteiger partial charge in [-0.3, -0.25) is 0 Å². The predicted molar refractivity (Wildman–Crippen MR) is 75.7 cm³/mol. The predicted octanol–water partition coefficient (Wildman–Crippen LogP) is 4.33. The number of benzene rings is 2. The summed E-state index contributed by atoms with van der Waals surface area (Å²) in [6.45, 7) is 0. The molecule has 1 aliphatic carbocycles. The van der Waals surface area contributed by atoms with Crippen LogP contribution < -0.4 is 0 Å². The zero-order valence-electron chi connectivity index (χ0n) is 9.81. The van der Waals surface area contributed by atoms with Gasteiger partial charge in [-0.1, -0.05) is 64.5 Å². The summed E-state index contributed by atoms with van der Waals surface area (Å²) in [4.78, 5) is 0.285. The van der Waals surface area contributed by atoms with Gasteiger partial charge in [-0.05, 0) is 28.7 Å². The van der Waals surface area contributed by atoms with Crippen LogP contribution in [-0.2, 0) is 6.42 Å². The summed E-state index contributed by atoms with van der Waals surface area (Å²) in [5, 5.41) is 9.53. The first-order valence-electron chi connectivity index (χ1n) is 6.01. The highest BCUT2D eigenvalue weighted by Crippen LogP contribution is 2.40. The first-order chi connectivity index (χ1) is 8.81. The lowest BCUT2D eigenvalue weighted by Crippen LogP contribution is -2.00. The van der Waals surface area contributed by atoms with E-state index in [1.807, 2.05) is 24.3 Å². The number of nitriles is 1. The van der Waals surface area contributed by atoms with Crippen molar-refractivity contribution < 1.29 is 0 Å². The van der Waals surface area contributed by atoms with Crippen molar-refractivity contribution >= 4 is 15.9 Å². The molecular formula is C16H12BrN. The second kappa shape index (κ2) is 4.59. The van der Waals surface area contributed by atoms with Crippen LogP contribution in [0.25, 0.3) is 0 Å². The third kappa shape index (κ3) is 1.76. The van der Waals surface area contributed by atoms with Crippen molar-refractivity contribution in [2.24, 2.45) is 0 Å². The lowest BCUT2D eigenvalue weighted by molar-refractivity contribution is 0.954. The number of fused-ring (bicyclic) bond motifs is 2. The Hall–Kier alpha value is -1.59. The number of nitrogens with zero attached hydrogens (tertiary/aromatic N) is 1. The van der Waals surface area contributed by atoms with Gasteiger partial charge in [0.25, 0.3) is 0 Å². The van der Waals surface area contributed by atoms with E-state index in [-0.39, 0.29) is 10.7 Å². The molecule has 0 saturated carbocycles. The lowest BCUT2D eigenvalue weighted by Gasteiger charge is -2.13. The Morgan fingerprint density at radius 2 is 1.56 bits per heavy atom. The highest BCUT2D eigenvalue weighted by Gasteiger charge is 2.26. The Balaban J connectivity index is 2.27. The molecule has 2 heteroatoms. The van der Waals surface area contributed by atoms with Crippen molar-refractivity contribution in [3.63, 3.8) is 0 Å². The van der Waals surface area contributed by atoms with Gasteiger partial charge in [0.1, 0.15) is 0 Å². The molecule has 0 bridgehead atoms. The topological polar surface area (TPSA) is 23.8 Å². The molecule has 0 fully saturated rings. The van der Waals surface area contributed by atoms with Crippen molar-refractivity contribution in [1.82, 2.24) is 0 Å². The maximum atomic E-state index is 9.53.